The van der Waals surface area contributed by atoms with Crippen molar-refractivity contribution in [3.8, 4) is 5.75 Å². The summed E-state index contributed by atoms with van der Waals surface area (Å²) in [6, 6.07) is 9.44. The van der Waals surface area contributed by atoms with E-state index < -0.39 is 0 Å². The lowest BCUT2D eigenvalue weighted by Crippen LogP contribution is -2.12. The summed E-state index contributed by atoms with van der Waals surface area (Å²) in [7, 11) is 0. The van der Waals surface area contributed by atoms with E-state index in [1.165, 1.54) is 5.56 Å². The Bertz CT molecular complexity index is 731. The third-order valence-corrected chi connectivity index (χ3v) is 4.61. The maximum atomic E-state index is 11.7. The molecule has 0 aliphatic heterocycles. The van der Waals surface area contributed by atoms with E-state index in [0.29, 0.717) is 17.1 Å². The second kappa shape index (κ2) is 7.84. The lowest BCUT2D eigenvalue weighted by Gasteiger charge is -2.15. The zero-order valence-corrected chi connectivity index (χ0v) is 15.7. The van der Waals surface area contributed by atoms with Gasteiger partial charge in [-0.15, -0.1) is 0 Å². The van der Waals surface area contributed by atoms with Crippen molar-refractivity contribution >= 4 is 39.1 Å². The fraction of sp³-hybridized carbons (Fsp3) is 0.278. The largest absolute Gasteiger partial charge is 0.488 e. The van der Waals surface area contributed by atoms with Crippen LogP contribution in [0.15, 0.2) is 34.8 Å². The number of hydrogen-bond acceptors (Lipinski definition) is 2. The van der Waals surface area contributed by atoms with Crippen LogP contribution in [0.5, 0.6) is 5.75 Å². The number of aryl methyl sites for hydroxylation is 2. The molecule has 0 saturated carbocycles. The molecule has 1 amide bonds. The van der Waals surface area contributed by atoms with Crippen molar-refractivity contribution < 1.29 is 9.53 Å². The van der Waals surface area contributed by atoms with Gasteiger partial charge in [0.1, 0.15) is 12.4 Å². The Kier molecular flexibility index (Phi) is 6.08. The molecule has 0 heterocycles. The molecule has 0 aliphatic carbocycles. The van der Waals surface area contributed by atoms with Crippen LogP contribution in [-0.2, 0) is 11.4 Å². The highest BCUT2D eigenvalue weighted by atomic mass is 79.9. The summed E-state index contributed by atoms with van der Waals surface area (Å²) >= 11 is 9.79. The van der Waals surface area contributed by atoms with Crippen LogP contribution in [-0.4, -0.2) is 5.91 Å². The molecule has 122 valence electrons. The second-order valence-corrected chi connectivity index (χ2v) is 6.58. The Labute approximate surface area is 150 Å². The number of carbonyl (C=O) groups is 1. The molecule has 0 radical (unpaired) electrons. The fourth-order valence-electron chi connectivity index (χ4n) is 2.08. The monoisotopic (exact) mass is 395 g/mol. The summed E-state index contributed by atoms with van der Waals surface area (Å²) in [5.74, 6) is 0.696. The van der Waals surface area contributed by atoms with E-state index in [1.807, 2.05) is 38.1 Å². The minimum absolute atomic E-state index is 0.0547. The van der Waals surface area contributed by atoms with Crippen molar-refractivity contribution in [1.29, 1.82) is 0 Å². The average Bonchev–Trinajstić information content (AvgIpc) is 2.51. The predicted molar refractivity (Wildman–Crippen MR) is 98.3 cm³/mol. The normalized spacial score (nSPS) is 10.5. The molecular formula is C18H19BrClNO2. The SMILES string of the molecule is CCC(=O)Nc1cccc(Cl)c1COc1cc(C)c(C)cc1Br. The smallest absolute Gasteiger partial charge is 0.224 e. The second-order valence-electron chi connectivity index (χ2n) is 5.32. The van der Waals surface area contributed by atoms with E-state index >= 15 is 0 Å². The molecule has 3 nitrogen and oxygen atoms in total. The zero-order valence-electron chi connectivity index (χ0n) is 13.4. The minimum Gasteiger partial charge on any atom is -0.488 e. The number of amides is 1. The van der Waals surface area contributed by atoms with Gasteiger partial charge in [-0.1, -0.05) is 24.6 Å². The summed E-state index contributed by atoms with van der Waals surface area (Å²) in [4.78, 5) is 11.7. The highest BCUT2D eigenvalue weighted by Crippen LogP contribution is 2.31. The van der Waals surface area contributed by atoms with Gasteiger partial charge in [0, 0.05) is 22.7 Å². The highest BCUT2D eigenvalue weighted by molar-refractivity contribution is 9.10. The third-order valence-electron chi connectivity index (χ3n) is 3.63. The first kappa shape index (κ1) is 17.8. The van der Waals surface area contributed by atoms with Crippen molar-refractivity contribution in [2.75, 3.05) is 5.32 Å². The van der Waals surface area contributed by atoms with Gasteiger partial charge in [-0.2, -0.15) is 0 Å². The Morgan fingerprint density at radius 3 is 2.65 bits per heavy atom. The molecule has 0 fully saturated rings. The lowest BCUT2D eigenvalue weighted by atomic mass is 10.1. The van der Waals surface area contributed by atoms with Gasteiger partial charge >= 0.3 is 0 Å². The first-order chi connectivity index (χ1) is 10.9. The molecular weight excluding hydrogens is 378 g/mol. The maximum absolute atomic E-state index is 11.7. The number of rotatable bonds is 5. The van der Waals surface area contributed by atoms with Gasteiger partial charge in [0.2, 0.25) is 5.91 Å². The molecule has 0 saturated heterocycles. The Morgan fingerprint density at radius 2 is 1.96 bits per heavy atom. The van der Waals surface area contributed by atoms with E-state index in [-0.39, 0.29) is 12.5 Å². The molecule has 0 spiro atoms. The van der Waals surface area contributed by atoms with Crippen molar-refractivity contribution in [3.63, 3.8) is 0 Å². The van der Waals surface area contributed by atoms with Crippen LogP contribution in [0.4, 0.5) is 5.69 Å². The van der Waals surface area contributed by atoms with Crippen LogP contribution < -0.4 is 10.1 Å². The van der Waals surface area contributed by atoms with E-state index in [9.17, 15) is 4.79 Å². The molecule has 0 atom stereocenters. The molecule has 0 bridgehead atoms. The zero-order chi connectivity index (χ0) is 17.0. The van der Waals surface area contributed by atoms with Crippen LogP contribution >= 0.6 is 27.5 Å². The van der Waals surface area contributed by atoms with Gasteiger partial charge in [0.15, 0.2) is 0 Å². The summed E-state index contributed by atoms with van der Waals surface area (Å²) in [6.45, 7) is 6.18. The summed E-state index contributed by atoms with van der Waals surface area (Å²) < 4.78 is 6.81. The van der Waals surface area contributed by atoms with Crippen LogP contribution in [0.2, 0.25) is 5.02 Å². The van der Waals surface area contributed by atoms with Gasteiger partial charge in [-0.05, 0) is 65.2 Å². The molecule has 2 aromatic rings. The van der Waals surface area contributed by atoms with E-state index in [1.54, 1.807) is 6.07 Å². The van der Waals surface area contributed by atoms with Gasteiger partial charge in [-0.25, -0.2) is 0 Å². The van der Waals surface area contributed by atoms with Gasteiger partial charge in [0.05, 0.1) is 4.47 Å². The Balaban J connectivity index is 2.23. The minimum atomic E-state index is -0.0547. The number of hydrogen-bond donors (Lipinski definition) is 1. The van der Waals surface area contributed by atoms with Gasteiger partial charge in [-0.3, -0.25) is 4.79 Å². The number of benzene rings is 2. The van der Waals surface area contributed by atoms with Crippen LogP contribution in [0.25, 0.3) is 0 Å². The first-order valence-corrected chi connectivity index (χ1v) is 8.56. The molecule has 1 N–H and O–H groups in total. The molecule has 2 aromatic carbocycles. The van der Waals surface area contributed by atoms with Gasteiger partial charge in [0.25, 0.3) is 0 Å². The van der Waals surface area contributed by atoms with Crippen LogP contribution in [0.1, 0.15) is 30.0 Å². The molecule has 5 heteroatoms. The van der Waals surface area contributed by atoms with E-state index in [4.69, 9.17) is 16.3 Å². The molecule has 23 heavy (non-hydrogen) atoms. The lowest BCUT2D eigenvalue weighted by molar-refractivity contribution is -0.115. The Hall–Kier alpha value is -1.52. The fourth-order valence-corrected chi connectivity index (χ4v) is 2.88. The quantitative estimate of drug-likeness (QED) is 0.709. The number of anilines is 1. The van der Waals surface area contributed by atoms with Crippen molar-refractivity contribution in [2.24, 2.45) is 0 Å². The molecule has 0 aromatic heterocycles. The van der Waals surface area contributed by atoms with Crippen molar-refractivity contribution in [3.05, 3.63) is 56.5 Å². The molecule has 2 rings (SSSR count). The molecule has 0 aliphatic rings. The average molecular weight is 397 g/mol. The molecule has 0 unspecified atom stereocenters. The van der Waals surface area contributed by atoms with Crippen molar-refractivity contribution in [2.45, 2.75) is 33.8 Å². The number of carbonyl (C=O) groups excluding carboxylic acids is 1. The topological polar surface area (TPSA) is 38.3 Å². The van der Waals surface area contributed by atoms with E-state index in [0.717, 1.165) is 21.3 Å². The Morgan fingerprint density at radius 1 is 1.26 bits per heavy atom. The van der Waals surface area contributed by atoms with E-state index in [2.05, 4.69) is 28.2 Å². The van der Waals surface area contributed by atoms with Crippen LogP contribution in [0.3, 0.4) is 0 Å². The van der Waals surface area contributed by atoms with Gasteiger partial charge < -0.3 is 10.1 Å². The summed E-state index contributed by atoms with van der Waals surface area (Å²) in [6.07, 6.45) is 0.412. The number of nitrogens with one attached hydrogen (secondary N) is 1. The van der Waals surface area contributed by atoms with Crippen molar-refractivity contribution in [1.82, 2.24) is 0 Å². The van der Waals surface area contributed by atoms with Crippen LogP contribution in [0, 0.1) is 13.8 Å². The summed E-state index contributed by atoms with van der Waals surface area (Å²) in [5, 5.41) is 3.43. The predicted octanol–water partition coefficient (Wildman–Crippen LogP) is 5.65. The third kappa shape index (κ3) is 4.49. The standard InChI is InChI=1S/C18H19BrClNO2/c1-4-18(22)21-16-7-5-6-15(20)13(16)10-23-17-9-12(3)11(2)8-14(17)19/h5-9H,4,10H2,1-3H3,(H,21,22). The summed E-state index contributed by atoms with van der Waals surface area (Å²) in [5.41, 5.74) is 3.80. The maximum Gasteiger partial charge on any atom is 0.224 e. The number of halogens is 2. The first-order valence-electron chi connectivity index (χ1n) is 7.39. The highest BCUT2D eigenvalue weighted by Gasteiger charge is 2.12. The number of ether oxygens (including phenoxy) is 1.